The van der Waals surface area contributed by atoms with Crippen molar-refractivity contribution in [1.29, 1.82) is 0 Å². The Morgan fingerprint density at radius 1 is 1.22 bits per heavy atom. The average molecular weight is 370 g/mol. The summed E-state index contributed by atoms with van der Waals surface area (Å²) in [5.74, 6) is -0.228. The molecule has 0 aliphatic rings. The molecule has 0 spiro atoms. The molecule has 0 bridgehead atoms. The van der Waals surface area contributed by atoms with Crippen LogP contribution in [0.4, 0.5) is 5.69 Å². The van der Waals surface area contributed by atoms with E-state index in [2.05, 4.69) is 42.2 Å². The van der Waals surface area contributed by atoms with Crippen molar-refractivity contribution in [2.45, 2.75) is 5.33 Å². The van der Waals surface area contributed by atoms with Gasteiger partial charge in [-0.2, -0.15) is 0 Å². The number of nitrogens with zero attached hydrogens (tertiary/aromatic N) is 1. The summed E-state index contributed by atoms with van der Waals surface area (Å²) in [7, 11) is 0. The number of carbonyl (C=O) groups is 1. The summed E-state index contributed by atoms with van der Waals surface area (Å²) < 4.78 is 0.680. The molecule has 0 saturated carbocycles. The van der Waals surface area contributed by atoms with E-state index in [0.717, 1.165) is 16.6 Å². The number of pyridine rings is 1. The molecular formula is C13H10Br2N2O. The van der Waals surface area contributed by atoms with Crippen LogP contribution in [0.2, 0.25) is 0 Å². The molecule has 92 valence electrons. The zero-order chi connectivity index (χ0) is 13.0. The van der Waals surface area contributed by atoms with Crippen LogP contribution in [-0.2, 0) is 5.33 Å². The van der Waals surface area contributed by atoms with Gasteiger partial charge in [-0.1, -0.05) is 28.1 Å². The zero-order valence-corrected chi connectivity index (χ0v) is 12.5. The van der Waals surface area contributed by atoms with Gasteiger partial charge in [-0.3, -0.25) is 4.79 Å². The second kappa shape index (κ2) is 6.11. The third kappa shape index (κ3) is 3.17. The first-order valence-electron chi connectivity index (χ1n) is 5.27. The molecule has 0 unspecified atom stereocenters. The lowest BCUT2D eigenvalue weighted by Gasteiger charge is -2.06. The second-order valence-corrected chi connectivity index (χ2v) is 5.03. The number of alkyl halides is 1. The molecule has 0 saturated heterocycles. The Kier molecular flexibility index (Phi) is 4.49. The third-order valence-electron chi connectivity index (χ3n) is 2.34. The largest absolute Gasteiger partial charge is 0.321 e. The normalized spacial score (nSPS) is 10.1. The van der Waals surface area contributed by atoms with Crippen LogP contribution in [0.3, 0.4) is 0 Å². The first-order valence-corrected chi connectivity index (χ1v) is 7.19. The lowest BCUT2D eigenvalue weighted by molar-refractivity contribution is 0.102. The highest BCUT2D eigenvalue weighted by Crippen LogP contribution is 2.16. The molecule has 2 aromatic rings. The molecule has 0 atom stereocenters. The number of halogens is 2. The van der Waals surface area contributed by atoms with Crippen molar-refractivity contribution in [2.75, 3.05) is 5.32 Å². The van der Waals surface area contributed by atoms with Gasteiger partial charge in [-0.05, 0) is 45.8 Å². The predicted molar refractivity (Wildman–Crippen MR) is 79.0 cm³/mol. The third-order valence-corrected chi connectivity index (χ3v) is 3.63. The van der Waals surface area contributed by atoms with E-state index in [1.807, 2.05) is 24.3 Å². The maximum absolute atomic E-state index is 12.0. The minimum atomic E-state index is -0.228. The van der Waals surface area contributed by atoms with Crippen molar-refractivity contribution < 1.29 is 4.79 Å². The second-order valence-electron chi connectivity index (χ2n) is 3.62. The Hall–Kier alpha value is -1.20. The highest BCUT2D eigenvalue weighted by molar-refractivity contribution is 9.10. The summed E-state index contributed by atoms with van der Waals surface area (Å²) in [4.78, 5) is 16.0. The van der Waals surface area contributed by atoms with Crippen LogP contribution in [0.15, 0.2) is 47.1 Å². The number of nitrogens with one attached hydrogen (secondary N) is 1. The molecule has 3 nitrogen and oxygen atoms in total. The summed E-state index contributed by atoms with van der Waals surface area (Å²) in [6.45, 7) is 0. The van der Waals surface area contributed by atoms with E-state index < -0.39 is 0 Å². The maximum Gasteiger partial charge on any atom is 0.275 e. The van der Waals surface area contributed by atoms with Crippen LogP contribution >= 0.6 is 31.9 Å². The Balaban J connectivity index is 2.14. The van der Waals surface area contributed by atoms with Crippen LogP contribution < -0.4 is 5.32 Å². The molecule has 1 N–H and O–H groups in total. The monoisotopic (exact) mass is 368 g/mol. The Bertz CT molecular complexity index is 555. The van der Waals surface area contributed by atoms with Gasteiger partial charge < -0.3 is 5.32 Å². The fourth-order valence-corrected chi connectivity index (χ4v) is 2.23. The number of hydrogen-bond donors (Lipinski definition) is 1. The highest BCUT2D eigenvalue weighted by atomic mass is 79.9. The average Bonchev–Trinajstić information content (AvgIpc) is 2.40. The Morgan fingerprint density at radius 2 is 1.94 bits per heavy atom. The van der Waals surface area contributed by atoms with Crippen LogP contribution in [0.25, 0.3) is 0 Å². The van der Waals surface area contributed by atoms with Crippen molar-refractivity contribution in [1.82, 2.24) is 4.98 Å². The van der Waals surface area contributed by atoms with E-state index in [-0.39, 0.29) is 5.91 Å². The molecule has 2 rings (SSSR count). The number of rotatable bonds is 3. The maximum atomic E-state index is 12.0. The first kappa shape index (κ1) is 13.2. The van der Waals surface area contributed by atoms with E-state index in [1.54, 1.807) is 18.3 Å². The van der Waals surface area contributed by atoms with Gasteiger partial charge in [0.1, 0.15) is 5.69 Å². The number of anilines is 1. The lowest BCUT2D eigenvalue weighted by Crippen LogP contribution is -2.14. The molecular weight excluding hydrogens is 360 g/mol. The van der Waals surface area contributed by atoms with Gasteiger partial charge in [0.2, 0.25) is 0 Å². The van der Waals surface area contributed by atoms with E-state index >= 15 is 0 Å². The van der Waals surface area contributed by atoms with E-state index in [1.165, 1.54) is 0 Å². The van der Waals surface area contributed by atoms with Crippen molar-refractivity contribution in [3.8, 4) is 0 Å². The standard InChI is InChI=1S/C13H10Br2N2O/c14-8-9-3-5-10(6-4-9)17-13(18)12-11(15)2-1-7-16-12/h1-7H,8H2,(H,17,18). The van der Waals surface area contributed by atoms with Gasteiger partial charge in [0.15, 0.2) is 0 Å². The van der Waals surface area contributed by atoms with Gasteiger partial charge >= 0.3 is 0 Å². The minimum absolute atomic E-state index is 0.228. The van der Waals surface area contributed by atoms with Crippen LogP contribution in [0.1, 0.15) is 16.1 Å². The van der Waals surface area contributed by atoms with E-state index in [0.29, 0.717) is 10.2 Å². The van der Waals surface area contributed by atoms with Crippen LogP contribution in [0.5, 0.6) is 0 Å². The Morgan fingerprint density at radius 3 is 2.56 bits per heavy atom. The van der Waals surface area contributed by atoms with Gasteiger partial charge in [0.05, 0.1) is 0 Å². The summed E-state index contributed by atoms with van der Waals surface area (Å²) in [6.07, 6.45) is 1.59. The smallest absolute Gasteiger partial charge is 0.275 e. The summed E-state index contributed by atoms with van der Waals surface area (Å²) in [6, 6.07) is 11.2. The number of aromatic nitrogens is 1. The summed E-state index contributed by atoms with van der Waals surface area (Å²) in [5, 5.41) is 3.60. The molecule has 0 aliphatic carbocycles. The van der Waals surface area contributed by atoms with Crippen molar-refractivity contribution >= 4 is 43.5 Å². The molecule has 1 aromatic carbocycles. The van der Waals surface area contributed by atoms with Crippen molar-refractivity contribution in [3.63, 3.8) is 0 Å². The van der Waals surface area contributed by atoms with Crippen molar-refractivity contribution in [3.05, 3.63) is 58.3 Å². The highest BCUT2D eigenvalue weighted by Gasteiger charge is 2.10. The minimum Gasteiger partial charge on any atom is -0.321 e. The fraction of sp³-hybridized carbons (Fsp3) is 0.0769. The van der Waals surface area contributed by atoms with Gasteiger partial charge in [-0.25, -0.2) is 4.98 Å². The van der Waals surface area contributed by atoms with Crippen LogP contribution in [0, 0.1) is 0 Å². The first-order chi connectivity index (χ1) is 8.70. The number of amides is 1. The van der Waals surface area contributed by atoms with E-state index in [4.69, 9.17) is 0 Å². The molecule has 0 fully saturated rings. The summed E-state index contributed by atoms with van der Waals surface area (Å²) in [5.41, 5.74) is 2.29. The van der Waals surface area contributed by atoms with E-state index in [9.17, 15) is 4.79 Å². The predicted octanol–water partition coefficient (Wildman–Crippen LogP) is 3.99. The molecule has 1 heterocycles. The molecule has 18 heavy (non-hydrogen) atoms. The molecule has 0 radical (unpaired) electrons. The summed E-state index contributed by atoms with van der Waals surface area (Å²) >= 11 is 6.68. The van der Waals surface area contributed by atoms with Gasteiger partial charge in [0, 0.05) is 21.7 Å². The fourth-order valence-electron chi connectivity index (χ4n) is 1.42. The van der Waals surface area contributed by atoms with Gasteiger partial charge in [-0.15, -0.1) is 0 Å². The molecule has 1 aromatic heterocycles. The number of hydrogen-bond acceptors (Lipinski definition) is 2. The zero-order valence-electron chi connectivity index (χ0n) is 9.36. The molecule has 1 amide bonds. The number of benzene rings is 1. The topological polar surface area (TPSA) is 42.0 Å². The molecule has 5 heteroatoms. The van der Waals surface area contributed by atoms with Gasteiger partial charge in [0.25, 0.3) is 5.91 Å². The van der Waals surface area contributed by atoms with Crippen LogP contribution in [-0.4, -0.2) is 10.9 Å². The SMILES string of the molecule is O=C(Nc1ccc(CBr)cc1)c1ncccc1Br. The number of carbonyl (C=O) groups excluding carboxylic acids is 1. The van der Waals surface area contributed by atoms with Crippen molar-refractivity contribution in [2.24, 2.45) is 0 Å². The molecule has 0 aliphatic heterocycles. The quantitative estimate of drug-likeness (QED) is 0.831. The Labute approximate surface area is 122 Å². The lowest BCUT2D eigenvalue weighted by atomic mass is 10.2.